The molecule has 104 valence electrons. The van der Waals surface area contributed by atoms with Gasteiger partial charge in [0.25, 0.3) is 0 Å². The Morgan fingerprint density at radius 2 is 2.11 bits per heavy atom. The van der Waals surface area contributed by atoms with E-state index in [0.717, 1.165) is 16.9 Å². The van der Waals surface area contributed by atoms with Crippen LogP contribution in [0.3, 0.4) is 0 Å². The second kappa shape index (κ2) is 5.99. The molecule has 2 rings (SSSR count). The van der Waals surface area contributed by atoms with E-state index in [1.54, 1.807) is 11.3 Å². The van der Waals surface area contributed by atoms with Crippen LogP contribution < -0.4 is 5.32 Å². The summed E-state index contributed by atoms with van der Waals surface area (Å²) in [7, 11) is 0. The Morgan fingerprint density at radius 1 is 1.37 bits per heavy atom. The fourth-order valence-electron chi connectivity index (χ4n) is 2.39. The minimum atomic E-state index is -0.648. The third-order valence-corrected chi connectivity index (χ3v) is 4.00. The first-order valence-electron chi connectivity index (χ1n) is 6.74. The van der Waals surface area contributed by atoms with Gasteiger partial charge in [-0.1, -0.05) is 26.0 Å². The average Bonchev–Trinajstić information content (AvgIpc) is 2.69. The summed E-state index contributed by atoms with van der Waals surface area (Å²) in [6, 6.07) is 8.16. The van der Waals surface area contributed by atoms with Gasteiger partial charge in [0.1, 0.15) is 5.01 Å². The Kier molecular flexibility index (Phi) is 4.55. The van der Waals surface area contributed by atoms with Gasteiger partial charge in [0.05, 0.1) is 15.8 Å². The summed E-state index contributed by atoms with van der Waals surface area (Å²) >= 11 is 1.71. The highest BCUT2D eigenvalue weighted by Crippen LogP contribution is 2.21. The summed E-state index contributed by atoms with van der Waals surface area (Å²) in [5, 5.41) is 14.6. The molecule has 0 saturated carbocycles. The van der Waals surface area contributed by atoms with Crippen molar-refractivity contribution in [2.24, 2.45) is 5.92 Å². The monoisotopic (exact) mass is 278 g/mol. The van der Waals surface area contributed by atoms with Gasteiger partial charge in [-0.05, 0) is 31.4 Å². The number of aromatic nitrogens is 1. The number of para-hydroxylation sites is 1. The molecule has 0 aliphatic carbocycles. The third-order valence-electron chi connectivity index (χ3n) is 2.97. The molecule has 1 aromatic heterocycles. The van der Waals surface area contributed by atoms with E-state index in [0.29, 0.717) is 19.0 Å². The molecule has 1 unspecified atom stereocenters. The molecule has 1 atom stereocenters. The Balaban J connectivity index is 1.88. The summed E-state index contributed by atoms with van der Waals surface area (Å²) in [4.78, 5) is 4.57. The number of nitrogens with zero attached hydrogens (tertiary/aromatic N) is 1. The molecular weight excluding hydrogens is 256 g/mol. The topological polar surface area (TPSA) is 45.1 Å². The molecule has 0 radical (unpaired) electrons. The molecule has 1 heterocycles. The van der Waals surface area contributed by atoms with E-state index in [4.69, 9.17) is 0 Å². The lowest BCUT2D eigenvalue weighted by Crippen LogP contribution is -2.38. The van der Waals surface area contributed by atoms with Crippen LogP contribution in [0.5, 0.6) is 0 Å². The van der Waals surface area contributed by atoms with Crippen molar-refractivity contribution < 1.29 is 5.11 Å². The van der Waals surface area contributed by atoms with E-state index in [-0.39, 0.29) is 0 Å². The first kappa shape index (κ1) is 14.4. The van der Waals surface area contributed by atoms with Gasteiger partial charge in [-0.15, -0.1) is 11.3 Å². The SMILES string of the molecule is CC(C)CC(C)(O)CNCc1nc2ccccc2s1. The van der Waals surface area contributed by atoms with Crippen molar-refractivity contribution in [3.05, 3.63) is 29.3 Å². The van der Waals surface area contributed by atoms with E-state index in [9.17, 15) is 5.11 Å². The second-order valence-electron chi connectivity index (χ2n) is 5.77. The molecule has 0 saturated heterocycles. The van der Waals surface area contributed by atoms with Gasteiger partial charge in [0.2, 0.25) is 0 Å². The number of hydrogen-bond acceptors (Lipinski definition) is 4. The van der Waals surface area contributed by atoms with Crippen molar-refractivity contribution in [3.63, 3.8) is 0 Å². The standard InChI is InChI=1S/C15H22N2OS/c1-11(2)8-15(3,18)10-16-9-14-17-12-6-4-5-7-13(12)19-14/h4-7,11,16,18H,8-10H2,1-3H3. The number of nitrogens with one attached hydrogen (secondary N) is 1. The number of aliphatic hydroxyl groups is 1. The maximum absolute atomic E-state index is 10.2. The van der Waals surface area contributed by atoms with Gasteiger partial charge in [-0.3, -0.25) is 0 Å². The molecule has 19 heavy (non-hydrogen) atoms. The number of benzene rings is 1. The fraction of sp³-hybridized carbons (Fsp3) is 0.533. The molecule has 0 aliphatic heterocycles. The predicted molar refractivity (Wildman–Crippen MR) is 81.4 cm³/mol. The molecule has 0 amide bonds. The zero-order valence-corrected chi connectivity index (χ0v) is 12.6. The highest BCUT2D eigenvalue weighted by atomic mass is 32.1. The Bertz CT molecular complexity index is 501. The summed E-state index contributed by atoms with van der Waals surface area (Å²) in [6.07, 6.45) is 0.805. The zero-order chi connectivity index (χ0) is 13.9. The first-order chi connectivity index (χ1) is 8.96. The van der Waals surface area contributed by atoms with Gasteiger partial charge in [0.15, 0.2) is 0 Å². The number of rotatable bonds is 6. The number of fused-ring (bicyclic) bond motifs is 1. The van der Waals surface area contributed by atoms with Crippen LogP contribution >= 0.6 is 11.3 Å². The largest absolute Gasteiger partial charge is 0.389 e. The highest BCUT2D eigenvalue weighted by molar-refractivity contribution is 7.18. The molecule has 0 aliphatic rings. The van der Waals surface area contributed by atoms with Crippen molar-refractivity contribution in [1.82, 2.24) is 10.3 Å². The van der Waals surface area contributed by atoms with E-state index in [1.165, 1.54) is 4.70 Å². The van der Waals surface area contributed by atoms with Crippen LogP contribution in [0.25, 0.3) is 10.2 Å². The normalized spacial score (nSPS) is 15.0. The van der Waals surface area contributed by atoms with Gasteiger partial charge >= 0.3 is 0 Å². The van der Waals surface area contributed by atoms with Gasteiger partial charge in [-0.2, -0.15) is 0 Å². The van der Waals surface area contributed by atoms with Crippen molar-refractivity contribution >= 4 is 21.6 Å². The molecule has 0 fully saturated rings. The average molecular weight is 278 g/mol. The van der Waals surface area contributed by atoms with E-state index in [1.807, 2.05) is 25.1 Å². The molecule has 4 heteroatoms. The summed E-state index contributed by atoms with van der Waals surface area (Å²) in [6.45, 7) is 7.46. The van der Waals surface area contributed by atoms with Crippen LogP contribution in [-0.4, -0.2) is 22.2 Å². The van der Waals surface area contributed by atoms with Crippen LogP contribution in [0, 0.1) is 5.92 Å². The molecule has 1 aromatic carbocycles. The van der Waals surface area contributed by atoms with Crippen molar-refractivity contribution in [1.29, 1.82) is 0 Å². The Labute approximate surface area is 118 Å². The zero-order valence-electron chi connectivity index (χ0n) is 11.8. The van der Waals surface area contributed by atoms with Gasteiger partial charge in [-0.25, -0.2) is 4.98 Å². The lowest BCUT2D eigenvalue weighted by Gasteiger charge is -2.25. The smallest absolute Gasteiger partial charge is 0.108 e. The van der Waals surface area contributed by atoms with Crippen molar-refractivity contribution in [2.45, 2.75) is 39.3 Å². The molecule has 0 spiro atoms. The lowest BCUT2D eigenvalue weighted by atomic mass is 9.94. The molecule has 2 N–H and O–H groups in total. The summed E-state index contributed by atoms with van der Waals surface area (Å²) < 4.78 is 1.22. The molecular formula is C15H22N2OS. The van der Waals surface area contributed by atoms with Gasteiger partial charge < -0.3 is 10.4 Å². The lowest BCUT2D eigenvalue weighted by molar-refractivity contribution is 0.0383. The molecule has 0 bridgehead atoms. The number of hydrogen-bond donors (Lipinski definition) is 2. The predicted octanol–water partition coefficient (Wildman–Crippen LogP) is 3.18. The Morgan fingerprint density at radius 3 is 2.79 bits per heavy atom. The van der Waals surface area contributed by atoms with Crippen LogP contribution in [-0.2, 0) is 6.54 Å². The van der Waals surface area contributed by atoms with Crippen LogP contribution in [0.1, 0.15) is 32.2 Å². The number of thiazole rings is 1. The quantitative estimate of drug-likeness (QED) is 0.853. The van der Waals surface area contributed by atoms with Crippen molar-refractivity contribution in [3.8, 4) is 0 Å². The maximum atomic E-state index is 10.2. The third kappa shape index (κ3) is 4.27. The summed E-state index contributed by atoms with van der Waals surface area (Å²) in [5.74, 6) is 0.499. The highest BCUT2D eigenvalue weighted by Gasteiger charge is 2.21. The first-order valence-corrected chi connectivity index (χ1v) is 7.55. The minimum Gasteiger partial charge on any atom is -0.389 e. The maximum Gasteiger partial charge on any atom is 0.108 e. The van der Waals surface area contributed by atoms with Crippen LogP contribution in [0.2, 0.25) is 0 Å². The van der Waals surface area contributed by atoms with E-state index >= 15 is 0 Å². The van der Waals surface area contributed by atoms with Crippen molar-refractivity contribution in [2.75, 3.05) is 6.54 Å². The fourth-order valence-corrected chi connectivity index (χ4v) is 3.32. The van der Waals surface area contributed by atoms with Crippen LogP contribution in [0.4, 0.5) is 0 Å². The van der Waals surface area contributed by atoms with Crippen LogP contribution in [0.15, 0.2) is 24.3 Å². The minimum absolute atomic E-state index is 0.499. The summed E-state index contributed by atoms with van der Waals surface area (Å²) in [5.41, 5.74) is 0.406. The van der Waals surface area contributed by atoms with E-state index in [2.05, 4.69) is 30.2 Å². The van der Waals surface area contributed by atoms with E-state index < -0.39 is 5.60 Å². The Hall–Kier alpha value is -0.970. The van der Waals surface area contributed by atoms with Gasteiger partial charge in [0, 0.05) is 13.1 Å². The molecule has 3 nitrogen and oxygen atoms in total. The molecule has 2 aromatic rings. The second-order valence-corrected chi connectivity index (χ2v) is 6.89.